The number of nitrogens with zero attached hydrogens (tertiary/aromatic N) is 3. The lowest BCUT2D eigenvalue weighted by atomic mass is 9.96. The van der Waals surface area contributed by atoms with Crippen molar-refractivity contribution in [3.8, 4) is 17.2 Å². The minimum Gasteiger partial charge on any atom is -0.378 e. The van der Waals surface area contributed by atoms with Crippen molar-refractivity contribution in [3.63, 3.8) is 0 Å². The molecule has 138 valence electrons. The van der Waals surface area contributed by atoms with Gasteiger partial charge >= 0.3 is 0 Å². The molecule has 1 aromatic heterocycles. The summed E-state index contributed by atoms with van der Waals surface area (Å²) < 4.78 is 7.34. The molecule has 0 unspecified atom stereocenters. The van der Waals surface area contributed by atoms with Crippen molar-refractivity contribution in [1.29, 1.82) is 5.26 Å². The fraction of sp³-hybridized carbons (Fsp3) is 0.304. The maximum Gasteiger partial charge on any atom is 0.0998 e. The van der Waals surface area contributed by atoms with Crippen LogP contribution in [-0.2, 0) is 31.2 Å². The smallest absolute Gasteiger partial charge is 0.0998 e. The third-order valence-electron chi connectivity index (χ3n) is 4.82. The first kappa shape index (κ1) is 18.9. The molecule has 0 radical (unpaired) electrons. The van der Waals surface area contributed by atoms with Crippen LogP contribution < -0.4 is 0 Å². The summed E-state index contributed by atoms with van der Waals surface area (Å²) in [4.78, 5) is 0. The van der Waals surface area contributed by atoms with E-state index in [1.54, 1.807) is 7.11 Å². The Bertz CT molecular complexity index is 949. The SMILES string of the molecule is CCCc1c(Cc2ccc(-c3ccccc3C#N)cc2)c(COC)nn1C. The van der Waals surface area contributed by atoms with Gasteiger partial charge in [0, 0.05) is 31.8 Å². The first-order valence-electron chi connectivity index (χ1n) is 9.28. The van der Waals surface area contributed by atoms with Crippen molar-refractivity contribution >= 4 is 0 Å². The van der Waals surface area contributed by atoms with E-state index in [-0.39, 0.29) is 0 Å². The van der Waals surface area contributed by atoms with Crippen LogP contribution in [-0.4, -0.2) is 16.9 Å². The third-order valence-corrected chi connectivity index (χ3v) is 4.82. The zero-order chi connectivity index (χ0) is 19.2. The minimum absolute atomic E-state index is 0.528. The van der Waals surface area contributed by atoms with Crippen LogP contribution in [0.25, 0.3) is 11.1 Å². The number of rotatable bonds is 7. The summed E-state index contributed by atoms with van der Waals surface area (Å²) in [5, 5.41) is 14.0. The van der Waals surface area contributed by atoms with Crippen LogP contribution >= 0.6 is 0 Å². The maximum absolute atomic E-state index is 9.32. The quantitative estimate of drug-likeness (QED) is 0.617. The largest absolute Gasteiger partial charge is 0.378 e. The van der Waals surface area contributed by atoms with Crippen LogP contribution in [0.1, 0.15) is 41.4 Å². The van der Waals surface area contributed by atoms with E-state index in [2.05, 4.69) is 42.4 Å². The molecule has 4 heteroatoms. The van der Waals surface area contributed by atoms with Crippen molar-refractivity contribution in [2.24, 2.45) is 7.05 Å². The fourth-order valence-electron chi connectivity index (χ4n) is 3.51. The van der Waals surface area contributed by atoms with Crippen LogP contribution in [0.2, 0.25) is 0 Å². The van der Waals surface area contributed by atoms with E-state index in [1.807, 2.05) is 36.0 Å². The van der Waals surface area contributed by atoms with Crippen molar-refractivity contribution < 1.29 is 4.74 Å². The van der Waals surface area contributed by atoms with Gasteiger partial charge in [0.05, 0.1) is 23.9 Å². The molecule has 0 N–H and O–H groups in total. The minimum atomic E-state index is 0.528. The number of methoxy groups -OCH3 is 1. The Morgan fingerprint density at radius 2 is 1.85 bits per heavy atom. The summed E-state index contributed by atoms with van der Waals surface area (Å²) in [6.45, 7) is 2.72. The van der Waals surface area contributed by atoms with Crippen LogP contribution in [0.3, 0.4) is 0 Å². The molecular weight excluding hydrogens is 334 g/mol. The van der Waals surface area contributed by atoms with Gasteiger partial charge in [-0.25, -0.2) is 0 Å². The van der Waals surface area contributed by atoms with Crippen LogP contribution in [0.4, 0.5) is 0 Å². The van der Waals surface area contributed by atoms with E-state index in [0.717, 1.165) is 36.1 Å². The highest BCUT2D eigenvalue weighted by Crippen LogP contribution is 2.25. The molecule has 0 spiro atoms. The van der Waals surface area contributed by atoms with Gasteiger partial charge in [0.15, 0.2) is 0 Å². The van der Waals surface area contributed by atoms with Gasteiger partial charge in [-0.15, -0.1) is 0 Å². The summed E-state index contributed by atoms with van der Waals surface area (Å²) in [6.07, 6.45) is 2.93. The van der Waals surface area contributed by atoms with E-state index in [1.165, 1.54) is 16.8 Å². The Balaban J connectivity index is 1.90. The summed E-state index contributed by atoms with van der Waals surface area (Å²) in [6, 6.07) is 18.4. The molecule has 0 saturated heterocycles. The number of ether oxygens (including phenoxy) is 1. The Hall–Kier alpha value is -2.90. The van der Waals surface area contributed by atoms with Crippen LogP contribution in [0.5, 0.6) is 0 Å². The van der Waals surface area contributed by atoms with Crippen molar-refractivity contribution in [1.82, 2.24) is 9.78 Å². The van der Waals surface area contributed by atoms with Gasteiger partial charge in [0.1, 0.15) is 0 Å². The standard InChI is InChI=1S/C23H25N3O/c1-4-7-23-21(22(16-27-3)25-26(23)2)14-17-10-12-18(13-11-17)20-9-6-5-8-19(20)15-24/h5-6,8-13H,4,7,14,16H2,1-3H3. The molecule has 0 amide bonds. The van der Waals surface area contributed by atoms with Crippen molar-refractivity contribution in [2.45, 2.75) is 32.8 Å². The summed E-state index contributed by atoms with van der Waals surface area (Å²) >= 11 is 0. The molecule has 0 aliphatic heterocycles. The molecule has 4 nitrogen and oxygen atoms in total. The van der Waals surface area contributed by atoms with Gasteiger partial charge in [0.2, 0.25) is 0 Å². The van der Waals surface area contributed by atoms with E-state index in [4.69, 9.17) is 4.74 Å². The third kappa shape index (κ3) is 4.10. The van der Waals surface area contributed by atoms with Gasteiger partial charge in [-0.3, -0.25) is 4.68 Å². The Kier molecular flexibility index (Phi) is 6.05. The van der Waals surface area contributed by atoms with E-state index >= 15 is 0 Å². The zero-order valence-corrected chi connectivity index (χ0v) is 16.2. The number of hydrogen-bond donors (Lipinski definition) is 0. The maximum atomic E-state index is 9.32. The average Bonchev–Trinajstić information content (AvgIpc) is 2.98. The molecule has 0 atom stereocenters. The second-order valence-electron chi connectivity index (χ2n) is 6.71. The number of aromatic nitrogens is 2. The summed E-state index contributed by atoms with van der Waals surface area (Å²) in [7, 11) is 3.72. The molecular formula is C23H25N3O. The lowest BCUT2D eigenvalue weighted by Gasteiger charge is -2.09. The highest BCUT2D eigenvalue weighted by atomic mass is 16.5. The van der Waals surface area contributed by atoms with Gasteiger partial charge in [-0.05, 0) is 29.2 Å². The van der Waals surface area contributed by atoms with Gasteiger partial charge in [-0.2, -0.15) is 10.4 Å². The normalized spacial score (nSPS) is 10.7. The van der Waals surface area contributed by atoms with Gasteiger partial charge in [0.25, 0.3) is 0 Å². The first-order chi connectivity index (χ1) is 13.2. The number of benzene rings is 2. The fourth-order valence-corrected chi connectivity index (χ4v) is 3.51. The van der Waals surface area contributed by atoms with E-state index in [0.29, 0.717) is 12.2 Å². The summed E-state index contributed by atoms with van der Waals surface area (Å²) in [5.41, 5.74) is 7.53. The molecule has 3 aromatic rings. The first-order valence-corrected chi connectivity index (χ1v) is 9.28. The molecule has 0 aliphatic carbocycles. The Labute approximate surface area is 161 Å². The number of aryl methyl sites for hydroxylation is 1. The average molecular weight is 359 g/mol. The van der Waals surface area contributed by atoms with Gasteiger partial charge < -0.3 is 4.74 Å². The van der Waals surface area contributed by atoms with Crippen LogP contribution in [0.15, 0.2) is 48.5 Å². The molecule has 0 fully saturated rings. The predicted octanol–water partition coefficient (Wildman–Crippen LogP) is 4.65. The highest BCUT2D eigenvalue weighted by molar-refractivity contribution is 5.70. The molecule has 0 saturated carbocycles. The molecule has 3 rings (SSSR count). The monoisotopic (exact) mass is 359 g/mol. The second kappa shape index (κ2) is 8.66. The van der Waals surface area contributed by atoms with Crippen LogP contribution in [0, 0.1) is 11.3 Å². The molecule has 27 heavy (non-hydrogen) atoms. The predicted molar refractivity (Wildman–Crippen MR) is 107 cm³/mol. The van der Waals surface area contributed by atoms with Gasteiger partial charge in [-0.1, -0.05) is 55.8 Å². The molecule has 2 aromatic carbocycles. The Morgan fingerprint density at radius 1 is 1.11 bits per heavy atom. The second-order valence-corrected chi connectivity index (χ2v) is 6.71. The lowest BCUT2D eigenvalue weighted by molar-refractivity contribution is 0.180. The number of nitriles is 1. The Morgan fingerprint density at radius 3 is 2.52 bits per heavy atom. The molecule has 0 aliphatic rings. The highest BCUT2D eigenvalue weighted by Gasteiger charge is 2.16. The number of hydrogen-bond acceptors (Lipinski definition) is 3. The summed E-state index contributed by atoms with van der Waals surface area (Å²) in [5.74, 6) is 0. The zero-order valence-electron chi connectivity index (χ0n) is 16.2. The van der Waals surface area contributed by atoms with E-state index < -0.39 is 0 Å². The van der Waals surface area contributed by atoms with Crippen molar-refractivity contribution in [2.75, 3.05) is 7.11 Å². The molecule has 0 bridgehead atoms. The van der Waals surface area contributed by atoms with Crippen molar-refractivity contribution in [3.05, 3.63) is 76.6 Å². The topological polar surface area (TPSA) is 50.8 Å². The van der Waals surface area contributed by atoms with E-state index in [9.17, 15) is 5.26 Å². The lowest BCUT2D eigenvalue weighted by Crippen LogP contribution is -2.01. The molecule has 1 heterocycles.